The predicted molar refractivity (Wildman–Crippen MR) is 50.5 cm³/mol. The Hall–Kier alpha value is -0.940. The van der Waals surface area contributed by atoms with Crippen LogP contribution in [-0.2, 0) is 4.74 Å². The molecule has 0 unspecified atom stereocenters. The van der Waals surface area contributed by atoms with Gasteiger partial charge in [-0.15, -0.1) is 11.3 Å². The van der Waals surface area contributed by atoms with Crippen LogP contribution in [0.25, 0.3) is 0 Å². The van der Waals surface area contributed by atoms with E-state index in [0.29, 0.717) is 5.69 Å². The van der Waals surface area contributed by atoms with Crippen molar-refractivity contribution in [2.45, 2.75) is 0 Å². The second kappa shape index (κ2) is 3.85. The zero-order chi connectivity index (χ0) is 9.10. The number of aromatic nitrogens is 1. The van der Waals surface area contributed by atoms with Gasteiger partial charge in [-0.3, -0.25) is 4.79 Å². The summed E-state index contributed by atoms with van der Waals surface area (Å²) < 4.78 is 5.22. The van der Waals surface area contributed by atoms with Crippen molar-refractivity contribution in [3.63, 3.8) is 0 Å². The van der Waals surface area contributed by atoms with Gasteiger partial charge in [0.1, 0.15) is 5.69 Å². The molecule has 0 bridgehead atoms. The van der Waals surface area contributed by atoms with E-state index in [4.69, 9.17) is 4.74 Å². The van der Waals surface area contributed by atoms with Gasteiger partial charge >= 0.3 is 0 Å². The van der Waals surface area contributed by atoms with Crippen LogP contribution in [0.4, 0.5) is 5.13 Å². The van der Waals surface area contributed by atoms with Crippen LogP contribution in [0.5, 0.6) is 0 Å². The van der Waals surface area contributed by atoms with Gasteiger partial charge in [-0.2, -0.15) is 0 Å². The molecule has 0 radical (unpaired) electrons. The number of hydrogen-bond donors (Lipinski definition) is 0. The third-order valence-electron chi connectivity index (χ3n) is 1.91. The van der Waals surface area contributed by atoms with E-state index in [9.17, 15) is 4.79 Å². The Morgan fingerprint density at radius 2 is 2.31 bits per heavy atom. The first kappa shape index (κ1) is 8.65. The summed E-state index contributed by atoms with van der Waals surface area (Å²) in [7, 11) is 0. The van der Waals surface area contributed by atoms with Crippen LogP contribution in [0.15, 0.2) is 5.38 Å². The highest BCUT2D eigenvalue weighted by Crippen LogP contribution is 2.20. The zero-order valence-electron chi connectivity index (χ0n) is 7.10. The van der Waals surface area contributed by atoms with Gasteiger partial charge in [0.2, 0.25) is 0 Å². The normalized spacial score (nSPS) is 17.4. The third-order valence-corrected chi connectivity index (χ3v) is 2.83. The molecule has 1 aliphatic heterocycles. The van der Waals surface area contributed by atoms with Crippen molar-refractivity contribution in [3.05, 3.63) is 11.1 Å². The van der Waals surface area contributed by atoms with Crippen LogP contribution in [0.2, 0.25) is 0 Å². The second-order valence-corrected chi connectivity index (χ2v) is 3.61. The van der Waals surface area contributed by atoms with E-state index < -0.39 is 0 Å². The predicted octanol–water partition coefficient (Wildman–Crippen LogP) is 0.792. The lowest BCUT2D eigenvalue weighted by Gasteiger charge is -2.25. The number of nitrogens with zero attached hydrogens (tertiary/aromatic N) is 2. The zero-order valence-corrected chi connectivity index (χ0v) is 7.92. The van der Waals surface area contributed by atoms with E-state index in [2.05, 4.69) is 9.88 Å². The van der Waals surface area contributed by atoms with Crippen molar-refractivity contribution in [2.75, 3.05) is 31.2 Å². The standard InChI is InChI=1S/C8H10N2O2S/c11-5-7-6-13-8(9-7)10-1-3-12-4-2-10/h5-6H,1-4H2. The molecule has 1 aromatic rings. The molecule has 0 aliphatic carbocycles. The average Bonchev–Trinajstić information content (AvgIpc) is 2.67. The number of carbonyl (C=O) groups is 1. The molecule has 0 N–H and O–H groups in total. The van der Waals surface area contributed by atoms with Crippen molar-refractivity contribution in [1.82, 2.24) is 4.98 Å². The molecule has 13 heavy (non-hydrogen) atoms. The largest absolute Gasteiger partial charge is 0.378 e. The monoisotopic (exact) mass is 198 g/mol. The highest BCUT2D eigenvalue weighted by Gasteiger charge is 2.13. The summed E-state index contributed by atoms with van der Waals surface area (Å²) in [6.45, 7) is 3.23. The third kappa shape index (κ3) is 1.87. The van der Waals surface area contributed by atoms with Crippen LogP contribution < -0.4 is 4.90 Å². The lowest BCUT2D eigenvalue weighted by molar-refractivity contribution is 0.111. The Labute approximate surface area is 80.1 Å². The number of morpholine rings is 1. The Morgan fingerprint density at radius 3 is 2.92 bits per heavy atom. The van der Waals surface area contributed by atoms with E-state index in [-0.39, 0.29) is 0 Å². The summed E-state index contributed by atoms with van der Waals surface area (Å²) in [4.78, 5) is 16.7. The molecular formula is C8H10N2O2S. The molecule has 0 amide bonds. The number of carbonyl (C=O) groups excluding carboxylic acids is 1. The van der Waals surface area contributed by atoms with Crippen LogP contribution in [-0.4, -0.2) is 37.6 Å². The molecule has 70 valence electrons. The minimum Gasteiger partial charge on any atom is -0.378 e. The fourth-order valence-electron chi connectivity index (χ4n) is 1.23. The molecule has 2 rings (SSSR count). The van der Waals surface area contributed by atoms with Gasteiger partial charge in [-0.1, -0.05) is 0 Å². The number of thiazole rings is 1. The maximum Gasteiger partial charge on any atom is 0.186 e. The van der Waals surface area contributed by atoms with E-state index >= 15 is 0 Å². The fourth-order valence-corrected chi connectivity index (χ4v) is 2.05. The number of anilines is 1. The molecule has 2 heterocycles. The van der Waals surface area contributed by atoms with Crippen LogP contribution in [0.3, 0.4) is 0 Å². The van der Waals surface area contributed by atoms with E-state index in [1.807, 2.05) is 0 Å². The maximum absolute atomic E-state index is 10.4. The molecule has 0 atom stereocenters. The molecule has 0 aromatic carbocycles. The van der Waals surface area contributed by atoms with Crippen LogP contribution in [0, 0.1) is 0 Å². The SMILES string of the molecule is O=Cc1csc(N2CCOCC2)n1. The van der Waals surface area contributed by atoms with Crippen molar-refractivity contribution in [2.24, 2.45) is 0 Å². The summed E-state index contributed by atoms with van der Waals surface area (Å²) in [5.41, 5.74) is 0.520. The molecule has 0 spiro atoms. The van der Waals surface area contributed by atoms with Gasteiger partial charge in [0, 0.05) is 18.5 Å². The summed E-state index contributed by atoms with van der Waals surface area (Å²) in [6, 6.07) is 0. The van der Waals surface area contributed by atoms with Gasteiger partial charge in [0.25, 0.3) is 0 Å². The summed E-state index contributed by atoms with van der Waals surface area (Å²) in [5, 5.41) is 2.70. The van der Waals surface area contributed by atoms with Crippen LogP contribution >= 0.6 is 11.3 Å². The smallest absolute Gasteiger partial charge is 0.186 e. The fraction of sp³-hybridized carbons (Fsp3) is 0.500. The number of rotatable bonds is 2. The minimum atomic E-state index is 0.520. The topological polar surface area (TPSA) is 42.4 Å². The van der Waals surface area contributed by atoms with Crippen molar-refractivity contribution >= 4 is 22.8 Å². The Bertz CT molecular complexity index is 294. The second-order valence-electron chi connectivity index (χ2n) is 2.77. The van der Waals surface area contributed by atoms with Gasteiger partial charge in [0.15, 0.2) is 11.4 Å². The van der Waals surface area contributed by atoms with Crippen molar-refractivity contribution in [3.8, 4) is 0 Å². The molecule has 1 aliphatic rings. The highest BCUT2D eigenvalue weighted by molar-refractivity contribution is 7.13. The van der Waals surface area contributed by atoms with Crippen molar-refractivity contribution in [1.29, 1.82) is 0 Å². The van der Waals surface area contributed by atoms with Crippen LogP contribution in [0.1, 0.15) is 10.5 Å². The number of ether oxygens (including phenoxy) is 1. The molecule has 1 aromatic heterocycles. The maximum atomic E-state index is 10.4. The number of hydrogen-bond acceptors (Lipinski definition) is 5. The van der Waals surface area contributed by atoms with Crippen molar-refractivity contribution < 1.29 is 9.53 Å². The number of aldehydes is 1. The molecule has 0 saturated carbocycles. The summed E-state index contributed by atoms with van der Waals surface area (Å²) in [6.07, 6.45) is 0.778. The molecule has 1 fully saturated rings. The molecule has 4 nitrogen and oxygen atoms in total. The van der Waals surface area contributed by atoms with Gasteiger partial charge in [-0.05, 0) is 0 Å². The minimum absolute atomic E-state index is 0.520. The highest BCUT2D eigenvalue weighted by atomic mass is 32.1. The van der Waals surface area contributed by atoms with E-state index in [0.717, 1.165) is 37.7 Å². The summed E-state index contributed by atoms with van der Waals surface area (Å²) >= 11 is 1.51. The Morgan fingerprint density at radius 1 is 1.54 bits per heavy atom. The lowest BCUT2D eigenvalue weighted by Crippen LogP contribution is -2.36. The van der Waals surface area contributed by atoms with E-state index in [1.165, 1.54) is 11.3 Å². The first-order chi connectivity index (χ1) is 6.40. The first-order valence-electron chi connectivity index (χ1n) is 4.13. The molecule has 5 heteroatoms. The van der Waals surface area contributed by atoms with E-state index in [1.54, 1.807) is 5.38 Å². The Balaban J connectivity index is 2.09. The Kier molecular flexibility index (Phi) is 2.56. The summed E-state index contributed by atoms with van der Waals surface area (Å²) in [5.74, 6) is 0. The van der Waals surface area contributed by atoms with Gasteiger partial charge < -0.3 is 9.64 Å². The first-order valence-corrected chi connectivity index (χ1v) is 5.01. The lowest BCUT2D eigenvalue weighted by atomic mass is 10.5. The van der Waals surface area contributed by atoms with Gasteiger partial charge in [-0.25, -0.2) is 4.98 Å². The quantitative estimate of drug-likeness (QED) is 0.659. The average molecular weight is 198 g/mol. The van der Waals surface area contributed by atoms with Gasteiger partial charge in [0.05, 0.1) is 13.2 Å². The molecular weight excluding hydrogens is 188 g/mol. The molecule has 1 saturated heterocycles.